The smallest absolute Gasteiger partial charge is 0.201 e. The molecule has 1 aliphatic heterocycles. The zero-order chi connectivity index (χ0) is 16.6. The standard InChI is InChI=1S/C20H17NO2S/c22-24(23,18-14-8-3-9-15-18)20-19(16-10-4-1-5-11-16)21(20)17-12-6-2-7-13-17/h1-15,19-20H. The van der Waals surface area contributed by atoms with Crippen LogP contribution in [-0.2, 0) is 9.84 Å². The van der Waals surface area contributed by atoms with Crippen molar-refractivity contribution in [3.8, 4) is 0 Å². The Morgan fingerprint density at radius 3 is 1.75 bits per heavy atom. The Kier molecular flexibility index (Phi) is 3.62. The average molecular weight is 335 g/mol. The van der Waals surface area contributed by atoms with E-state index in [1.807, 2.05) is 71.6 Å². The molecule has 4 heteroatoms. The first kappa shape index (κ1) is 15.0. The van der Waals surface area contributed by atoms with Gasteiger partial charge in [0.1, 0.15) is 0 Å². The lowest BCUT2D eigenvalue weighted by Crippen LogP contribution is -2.13. The van der Waals surface area contributed by atoms with Crippen LogP contribution in [0, 0.1) is 0 Å². The van der Waals surface area contributed by atoms with Crippen molar-refractivity contribution in [2.45, 2.75) is 16.3 Å². The lowest BCUT2D eigenvalue weighted by atomic mass is 10.1. The molecular formula is C20H17NO2S. The van der Waals surface area contributed by atoms with Crippen LogP contribution in [0.15, 0.2) is 95.9 Å². The fourth-order valence-electron chi connectivity index (χ4n) is 3.16. The van der Waals surface area contributed by atoms with E-state index in [0.717, 1.165) is 11.3 Å². The number of benzene rings is 3. The topological polar surface area (TPSA) is 37.1 Å². The molecule has 3 nitrogen and oxygen atoms in total. The zero-order valence-corrected chi connectivity index (χ0v) is 13.8. The van der Waals surface area contributed by atoms with Crippen LogP contribution in [0.25, 0.3) is 0 Å². The van der Waals surface area contributed by atoms with E-state index >= 15 is 0 Å². The van der Waals surface area contributed by atoms with Gasteiger partial charge in [-0.1, -0.05) is 66.7 Å². The van der Waals surface area contributed by atoms with Gasteiger partial charge in [0, 0.05) is 5.69 Å². The molecule has 2 unspecified atom stereocenters. The maximum absolute atomic E-state index is 13.1. The Labute approximate surface area is 142 Å². The fraction of sp³-hybridized carbons (Fsp3) is 0.100. The number of hydrogen-bond acceptors (Lipinski definition) is 3. The number of hydrogen-bond donors (Lipinski definition) is 0. The van der Waals surface area contributed by atoms with Gasteiger partial charge in [-0.2, -0.15) is 0 Å². The highest BCUT2D eigenvalue weighted by atomic mass is 32.2. The summed E-state index contributed by atoms with van der Waals surface area (Å²) < 4.78 is 26.2. The van der Waals surface area contributed by atoms with Crippen LogP contribution in [0.3, 0.4) is 0 Å². The van der Waals surface area contributed by atoms with Gasteiger partial charge in [-0.15, -0.1) is 0 Å². The number of para-hydroxylation sites is 1. The lowest BCUT2D eigenvalue weighted by Gasteiger charge is -2.06. The summed E-state index contributed by atoms with van der Waals surface area (Å²) in [6, 6.07) is 28.1. The Morgan fingerprint density at radius 2 is 1.17 bits per heavy atom. The van der Waals surface area contributed by atoms with Crippen LogP contribution in [0.1, 0.15) is 11.6 Å². The molecule has 24 heavy (non-hydrogen) atoms. The van der Waals surface area contributed by atoms with Crippen LogP contribution >= 0.6 is 0 Å². The molecule has 120 valence electrons. The highest BCUT2D eigenvalue weighted by Gasteiger charge is 2.57. The predicted molar refractivity (Wildman–Crippen MR) is 95.5 cm³/mol. The SMILES string of the molecule is O=S(=O)(c1ccccc1)C1C(c2ccccc2)N1c1ccccc1. The molecule has 3 aromatic carbocycles. The summed E-state index contributed by atoms with van der Waals surface area (Å²) in [4.78, 5) is 2.34. The third kappa shape index (κ3) is 2.49. The Morgan fingerprint density at radius 1 is 0.667 bits per heavy atom. The first-order valence-corrected chi connectivity index (χ1v) is 9.41. The third-order valence-electron chi connectivity index (χ3n) is 4.34. The van der Waals surface area contributed by atoms with E-state index in [0.29, 0.717) is 4.90 Å². The van der Waals surface area contributed by atoms with Gasteiger partial charge in [-0.3, -0.25) is 0 Å². The highest BCUT2D eigenvalue weighted by Crippen LogP contribution is 2.51. The molecule has 0 saturated carbocycles. The monoisotopic (exact) mass is 335 g/mol. The maximum atomic E-state index is 13.1. The summed E-state index contributed by atoms with van der Waals surface area (Å²) in [6.07, 6.45) is 0. The second kappa shape index (κ2) is 5.80. The van der Waals surface area contributed by atoms with Gasteiger partial charge in [0.2, 0.25) is 9.84 Å². The van der Waals surface area contributed by atoms with Gasteiger partial charge in [0.15, 0.2) is 5.37 Å². The Hall–Kier alpha value is -2.59. The molecule has 1 heterocycles. The molecule has 0 aromatic heterocycles. The molecular weight excluding hydrogens is 318 g/mol. The van der Waals surface area contributed by atoms with Crippen LogP contribution < -0.4 is 4.90 Å². The van der Waals surface area contributed by atoms with Crippen LogP contribution in [-0.4, -0.2) is 13.8 Å². The van der Waals surface area contributed by atoms with Crippen molar-refractivity contribution in [1.29, 1.82) is 0 Å². The van der Waals surface area contributed by atoms with E-state index in [9.17, 15) is 8.42 Å². The normalized spacial score (nSPS) is 19.9. The van der Waals surface area contributed by atoms with Crippen molar-refractivity contribution in [2.24, 2.45) is 0 Å². The Balaban J connectivity index is 1.78. The molecule has 0 amide bonds. The van der Waals surface area contributed by atoms with Crippen molar-refractivity contribution in [2.75, 3.05) is 4.90 Å². The van der Waals surface area contributed by atoms with E-state index in [-0.39, 0.29) is 6.04 Å². The van der Waals surface area contributed by atoms with Gasteiger partial charge in [0.25, 0.3) is 0 Å². The number of anilines is 1. The highest BCUT2D eigenvalue weighted by molar-refractivity contribution is 7.92. The minimum Gasteiger partial charge on any atom is -0.342 e. The molecule has 0 spiro atoms. The molecule has 3 aromatic rings. The first-order chi connectivity index (χ1) is 11.7. The minimum atomic E-state index is -3.43. The molecule has 2 atom stereocenters. The van der Waals surface area contributed by atoms with Crippen molar-refractivity contribution in [3.63, 3.8) is 0 Å². The first-order valence-electron chi connectivity index (χ1n) is 7.87. The second-order valence-electron chi connectivity index (χ2n) is 5.85. The average Bonchev–Trinajstić information content (AvgIpc) is 3.41. The zero-order valence-electron chi connectivity index (χ0n) is 13.0. The molecule has 1 fully saturated rings. The maximum Gasteiger partial charge on any atom is 0.201 e. The summed E-state index contributed by atoms with van der Waals surface area (Å²) >= 11 is 0. The van der Waals surface area contributed by atoms with Crippen LogP contribution in [0.5, 0.6) is 0 Å². The van der Waals surface area contributed by atoms with Crippen molar-refractivity contribution >= 4 is 15.5 Å². The van der Waals surface area contributed by atoms with Gasteiger partial charge < -0.3 is 4.90 Å². The van der Waals surface area contributed by atoms with Gasteiger partial charge >= 0.3 is 0 Å². The summed E-state index contributed by atoms with van der Waals surface area (Å²) in [7, 11) is -3.43. The van der Waals surface area contributed by atoms with E-state index < -0.39 is 15.2 Å². The summed E-state index contributed by atoms with van der Waals surface area (Å²) in [6.45, 7) is 0. The number of rotatable bonds is 4. The predicted octanol–water partition coefficient (Wildman–Crippen LogP) is 4.05. The number of nitrogens with zero attached hydrogens (tertiary/aromatic N) is 1. The molecule has 1 saturated heterocycles. The summed E-state index contributed by atoms with van der Waals surface area (Å²) in [5.41, 5.74) is 1.95. The van der Waals surface area contributed by atoms with Crippen molar-refractivity contribution < 1.29 is 8.42 Å². The molecule has 4 rings (SSSR count). The van der Waals surface area contributed by atoms with Crippen LogP contribution in [0.2, 0.25) is 0 Å². The van der Waals surface area contributed by atoms with Crippen molar-refractivity contribution in [3.05, 3.63) is 96.6 Å². The molecule has 1 aliphatic rings. The summed E-state index contributed by atoms with van der Waals surface area (Å²) in [5.74, 6) is 0. The van der Waals surface area contributed by atoms with Gasteiger partial charge in [-0.25, -0.2) is 8.42 Å². The summed E-state index contributed by atoms with van der Waals surface area (Å²) in [5, 5.41) is -0.565. The van der Waals surface area contributed by atoms with Gasteiger partial charge in [0.05, 0.1) is 10.9 Å². The Bertz CT molecular complexity index is 880. The third-order valence-corrected chi connectivity index (χ3v) is 6.39. The lowest BCUT2D eigenvalue weighted by molar-refractivity contribution is 0.594. The molecule has 0 bridgehead atoms. The van der Waals surface area contributed by atoms with E-state index in [1.165, 1.54) is 0 Å². The quantitative estimate of drug-likeness (QED) is 0.675. The van der Waals surface area contributed by atoms with Gasteiger partial charge in [-0.05, 0) is 29.8 Å². The van der Waals surface area contributed by atoms with Crippen LogP contribution in [0.4, 0.5) is 5.69 Å². The number of sulfone groups is 1. The molecule has 0 aliphatic carbocycles. The second-order valence-corrected chi connectivity index (χ2v) is 7.89. The van der Waals surface area contributed by atoms with E-state index in [1.54, 1.807) is 24.3 Å². The largest absolute Gasteiger partial charge is 0.342 e. The minimum absolute atomic E-state index is 0.154. The van der Waals surface area contributed by atoms with Crippen molar-refractivity contribution in [1.82, 2.24) is 0 Å². The fourth-order valence-corrected chi connectivity index (χ4v) is 5.09. The molecule has 0 radical (unpaired) electrons. The van der Waals surface area contributed by atoms with E-state index in [2.05, 4.69) is 0 Å². The molecule has 0 N–H and O–H groups in total. The van der Waals surface area contributed by atoms with E-state index in [4.69, 9.17) is 0 Å².